The Kier molecular flexibility index (Phi) is 4.61. The van der Waals surface area contributed by atoms with Gasteiger partial charge in [0.1, 0.15) is 11.9 Å². The number of anilines is 1. The number of pyridine rings is 1. The van der Waals surface area contributed by atoms with Crippen LogP contribution in [0.3, 0.4) is 0 Å². The monoisotopic (exact) mass is 370 g/mol. The number of benzene rings is 1. The normalized spacial score (nSPS) is 17.4. The molecule has 1 aliphatic rings. The summed E-state index contributed by atoms with van der Waals surface area (Å²) in [5.41, 5.74) is 3.90. The van der Waals surface area contributed by atoms with Gasteiger partial charge in [-0.1, -0.05) is 11.6 Å². The van der Waals surface area contributed by atoms with Crippen molar-refractivity contribution in [2.75, 3.05) is 11.9 Å². The van der Waals surface area contributed by atoms with E-state index in [1.807, 2.05) is 19.1 Å². The number of hydrogen-bond donors (Lipinski definition) is 2. The Bertz CT molecular complexity index is 963. The van der Waals surface area contributed by atoms with Gasteiger partial charge in [0.25, 0.3) is 5.91 Å². The van der Waals surface area contributed by atoms with Gasteiger partial charge in [-0.05, 0) is 56.0 Å². The number of rotatable bonds is 3. The molecule has 3 heterocycles. The summed E-state index contributed by atoms with van der Waals surface area (Å²) in [4.78, 5) is 24.4. The first-order valence-corrected chi connectivity index (χ1v) is 9.03. The van der Waals surface area contributed by atoms with Crippen molar-refractivity contribution in [2.24, 2.45) is 0 Å². The molecule has 0 spiro atoms. The highest BCUT2D eigenvalue weighted by molar-refractivity contribution is 6.33. The summed E-state index contributed by atoms with van der Waals surface area (Å²) in [6.45, 7) is 2.61. The molecule has 1 amide bonds. The average molecular weight is 371 g/mol. The number of aromatic amines is 1. The van der Waals surface area contributed by atoms with Crippen molar-refractivity contribution < 1.29 is 9.53 Å². The molecule has 134 valence electrons. The van der Waals surface area contributed by atoms with E-state index in [1.54, 1.807) is 18.3 Å². The van der Waals surface area contributed by atoms with Crippen LogP contribution in [0.2, 0.25) is 5.02 Å². The molecule has 7 heteroatoms. The zero-order chi connectivity index (χ0) is 18.1. The lowest BCUT2D eigenvalue weighted by molar-refractivity contribution is -0.129. The van der Waals surface area contributed by atoms with Crippen LogP contribution < -0.4 is 5.32 Å². The molecule has 0 bridgehead atoms. The van der Waals surface area contributed by atoms with Crippen molar-refractivity contribution in [2.45, 2.75) is 32.3 Å². The molecular weight excluding hydrogens is 352 g/mol. The summed E-state index contributed by atoms with van der Waals surface area (Å²) < 4.78 is 5.54. The van der Waals surface area contributed by atoms with Crippen LogP contribution in [-0.2, 0) is 9.53 Å². The third kappa shape index (κ3) is 3.43. The number of carbonyl (C=O) groups is 1. The first-order valence-electron chi connectivity index (χ1n) is 8.65. The third-order valence-electron chi connectivity index (χ3n) is 4.44. The number of aryl methyl sites for hydroxylation is 1. The van der Waals surface area contributed by atoms with Gasteiger partial charge in [-0.3, -0.25) is 4.79 Å². The van der Waals surface area contributed by atoms with Crippen LogP contribution in [0.5, 0.6) is 0 Å². The van der Waals surface area contributed by atoms with Crippen LogP contribution in [0.15, 0.2) is 30.5 Å². The van der Waals surface area contributed by atoms with Crippen LogP contribution in [0.1, 0.15) is 24.8 Å². The Hall–Kier alpha value is -2.44. The molecular formula is C19H19ClN4O2. The Morgan fingerprint density at radius 1 is 1.35 bits per heavy atom. The number of nitrogens with one attached hydrogen (secondary N) is 2. The molecule has 1 atom stereocenters. The molecule has 3 aromatic rings. The Morgan fingerprint density at radius 3 is 3.04 bits per heavy atom. The predicted octanol–water partition coefficient (Wildman–Crippen LogP) is 4.09. The number of nitrogens with zero attached hydrogens (tertiary/aromatic N) is 2. The molecule has 2 N–H and O–H groups in total. The van der Waals surface area contributed by atoms with E-state index in [-0.39, 0.29) is 12.0 Å². The molecule has 1 saturated heterocycles. The second-order valence-corrected chi connectivity index (χ2v) is 6.92. The molecule has 1 aromatic carbocycles. The van der Waals surface area contributed by atoms with Crippen molar-refractivity contribution >= 4 is 34.4 Å². The summed E-state index contributed by atoms with van der Waals surface area (Å²) in [5.74, 6) is 0.494. The van der Waals surface area contributed by atoms with Crippen LogP contribution >= 0.6 is 11.6 Å². The Balaban J connectivity index is 1.61. The minimum absolute atomic E-state index is 0.125. The Labute approximate surface area is 155 Å². The average Bonchev–Trinajstić information content (AvgIpc) is 3.07. The molecule has 0 radical (unpaired) electrons. The van der Waals surface area contributed by atoms with Crippen molar-refractivity contribution in [3.05, 3.63) is 41.0 Å². The van der Waals surface area contributed by atoms with E-state index in [1.165, 1.54) is 0 Å². The standard InChI is InChI=1S/C19H19ClN4O2/c1-11-8-15-18(21-10-11)24-17(23-15)13-9-12(5-6-14(13)20)22-19(25)16-4-2-3-7-26-16/h5-6,8-10,16H,2-4,7H2,1H3,(H,22,25)(H,21,23,24). The molecule has 0 saturated carbocycles. The summed E-state index contributed by atoms with van der Waals surface area (Å²) >= 11 is 6.36. The lowest BCUT2D eigenvalue weighted by Crippen LogP contribution is -2.33. The van der Waals surface area contributed by atoms with Crippen LogP contribution in [0.4, 0.5) is 5.69 Å². The number of halogens is 1. The van der Waals surface area contributed by atoms with Crippen LogP contribution in [-0.4, -0.2) is 33.6 Å². The maximum absolute atomic E-state index is 12.4. The van der Waals surface area contributed by atoms with Gasteiger partial charge in [0.2, 0.25) is 0 Å². The maximum atomic E-state index is 12.4. The van der Waals surface area contributed by atoms with E-state index in [2.05, 4.69) is 20.3 Å². The number of ether oxygens (including phenoxy) is 1. The smallest absolute Gasteiger partial charge is 0.253 e. The second kappa shape index (κ2) is 7.05. The third-order valence-corrected chi connectivity index (χ3v) is 4.76. The first-order chi connectivity index (χ1) is 12.6. The van der Waals surface area contributed by atoms with Crippen molar-refractivity contribution in [1.82, 2.24) is 15.0 Å². The summed E-state index contributed by atoms with van der Waals surface area (Å²) in [7, 11) is 0. The highest BCUT2D eigenvalue weighted by Gasteiger charge is 2.22. The summed E-state index contributed by atoms with van der Waals surface area (Å²) in [6.07, 6.45) is 4.15. The SMILES string of the molecule is Cc1cnc2nc(-c3cc(NC(=O)C4CCCCO4)ccc3Cl)[nH]c2c1. The van der Waals surface area contributed by atoms with E-state index in [4.69, 9.17) is 16.3 Å². The number of fused-ring (bicyclic) bond motifs is 1. The van der Waals surface area contributed by atoms with Gasteiger partial charge in [-0.25, -0.2) is 9.97 Å². The van der Waals surface area contributed by atoms with Gasteiger partial charge in [0.15, 0.2) is 5.65 Å². The summed E-state index contributed by atoms with van der Waals surface area (Å²) in [5, 5.41) is 3.46. The minimum Gasteiger partial charge on any atom is -0.368 e. The van der Waals surface area contributed by atoms with Crippen LogP contribution in [0, 0.1) is 6.92 Å². The number of H-pyrrole nitrogens is 1. The van der Waals surface area contributed by atoms with E-state index in [9.17, 15) is 4.79 Å². The highest BCUT2D eigenvalue weighted by Crippen LogP contribution is 2.30. The van der Waals surface area contributed by atoms with E-state index in [0.717, 1.165) is 30.3 Å². The molecule has 26 heavy (non-hydrogen) atoms. The maximum Gasteiger partial charge on any atom is 0.253 e. The number of imidazole rings is 1. The number of amides is 1. The highest BCUT2D eigenvalue weighted by atomic mass is 35.5. The van der Waals surface area contributed by atoms with Gasteiger partial charge in [-0.15, -0.1) is 0 Å². The van der Waals surface area contributed by atoms with E-state index < -0.39 is 0 Å². The van der Waals surface area contributed by atoms with Gasteiger partial charge < -0.3 is 15.0 Å². The quantitative estimate of drug-likeness (QED) is 0.727. The predicted molar refractivity (Wildman–Crippen MR) is 101 cm³/mol. The molecule has 1 unspecified atom stereocenters. The number of hydrogen-bond acceptors (Lipinski definition) is 4. The number of carbonyl (C=O) groups excluding carboxylic acids is 1. The summed E-state index contributed by atoms with van der Waals surface area (Å²) in [6, 6.07) is 7.32. The molecule has 6 nitrogen and oxygen atoms in total. The zero-order valence-electron chi connectivity index (χ0n) is 14.4. The minimum atomic E-state index is -0.388. The molecule has 0 aliphatic carbocycles. The Morgan fingerprint density at radius 2 is 2.23 bits per heavy atom. The van der Waals surface area contributed by atoms with Gasteiger partial charge in [0.05, 0.1) is 10.5 Å². The van der Waals surface area contributed by atoms with E-state index in [0.29, 0.717) is 34.4 Å². The molecule has 1 aliphatic heterocycles. The topological polar surface area (TPSA) is 79.9 Å². The fourth-order valence-electron chi connectivity index (χ4n) is 3.09. The van der Waals surface area contributed by atoms with Gasteiger partial charge in [0, 0.05) is 24.1 Å². The van der Waals surface area contributed by atoms with E-state index >= 15 is 0 Å². The lowest BCUT2D eigenvalue weighted by Gasteiger charge is -2.21. The molecule has 2 aromatic heterocycles. The van der Waals surface area contributed by atoms with Crippen molar-refractivity contribution in [1.29, 1.82) is 0 Å². The zero-order valence-corrected chi connectivity index (χ0v) is 15.1. The van der Waals surface area contributed by atoms with Gasteiger partial charge in [-0.2, -0.15) is 0 Å². The second-order valence-electron chi connectivity index (χ2n) is 6.51. The number of aromatic nitrogens is 3. The fraction of sp³-hybridized carbons (Fsp3) is 0.316. The first kappa shape index (κ1) is 17.0. The molecule has 4 rings (SSSR count). The van der Waals surface area contributed by atoms with Crippen molar-refractivity contribution in [3.8, 4) is 11.4 Å². The van der Waals surface area contributed by atoms with Gasteiger partial charge >= 0.3 is 0 Å². The largest absolute Gasteiger partial charge is 0.368 e. The lowest BCUT2D eigenvalue weighted by atomic mass is 10.1. The van der Waals surface area contributed by atoms with Crippen molar-refractivity contribution in [3.63, 3.8) is 0 Å². The van der Waals surface area contributed by atoms with Crippen LogP contribution in [0.25, 0.3) is 22.6 Å². The fourth-order valence-corrected chi connectivity index (χ4v) is 3.29. The molecule has 1 fully saturated rings.